The molecule has 4 heterocycles. The summed E-state index contributed by atoms with van der Waals surface area (Å²) in [5.74, 6) is -0.878. The van der Waals surface area contributed by atoms with Crippen molar-refractivity contribution in [1.29, 1.82) is 0 Å². The Hall–Kier alpha value is -3.60. The van der Waals surface area contributed by atoms with Crippen LogP contribution in [0.3, 0.4) is 0 Å². The molecule has 1 unspecified atom stereocenters. The van der Waals surface area contributed by atoms with Crippen molar-refractivity contribution in [1.82, 2.24) is 15.0 Å². The molecule has 38 heavy (non-hydrogen) atoms. The minimum absolute atomic E-state index is 0. The first-order valence-corrected chi connectivity index (χ1v) is 12.3. The predicted octanol–water partition coefficient (Wildman–Crippen LogP) is 2.32. The smallest absolute Gasteiger partial charge is 0.343 e. The number of para-hydroxylation sites is 1. The van der Waals surface area contributed by atoms with Gasteiger partial charge in [0, 0.05) is 22.1 Å². The number of aromatic nitrogens is 2. The molecule has 0 saturated carbocycles. The Balaban J connectivity index is 0.00000336. The van der Waals surface area contributed by atoms with Crippen molar-refractivity contribution in [2.45, 2.75) is 58.4 Å². The Morgan fingerprint density at radius 2 is 2.05 bits per heavy atom. The highest BCUT2D eigenvalue weighted by Crippen LogP contribution is 2.39. The Morgan fingerprint density at radius 1 is 1.32 bits per heavy atom. The number of esters is 1. The third-order valence-electron chi connectivity index (χ3n) is 7.07. The molecule has 1 amide bonds. The lowest BCUT2D eigenvalue weighted by Crippen LogP contribution is -2.44. The van der Waals surface area contributed by atoms with E-state index in [0.717, 1.165) is 10.9 Å². The van der Waals surface area contributed by atoms with Gasteiger partial charge in [0.25, 0.3) is 11.5 Å². The molecule has 0 spiro atoms. The zero-order chi connectivity index (χ0) is 26.5. The number of fused-ring (bicyclic) bond motifs is 5. The quantitative estimate of drug-likeness (QED) is 0.193. The summed E-state index contributed by atoms with van der Waals surface area (Å²) < 4.78 is 6.71. The summed E-state index contributed by atoms with van der Waals surface area (Å²) in [6, 6.07) is 8.48. The number of hydrogen-bond acceptors (Lipinski definition) is 8. The average molecular weight is 540 g/mol. The molecule has 4 N–H and O–H groups in total. The molecule has 2 aliphatic rings. The number of ether oxygens (including phenoxy) is 1. The fourth-order valence-corrected chi connectivity index (χ4v) is 5.07. The number of benzene rings is 1. The summed E-state index contributed by atoms with van der Waals surface area (Å²) in [7, 11) is 0. The van der Waals surface area contributed by atoms with Gasteiger partial charge in [-0.15, -0.1) is 12.4 Å². The molecule has 2 aromatic heterocycles. The molecule has 0 radical (unpaired) electrons. The van der Waals surface area contributed by atoms with Crippen LogP contribution in [0.25, 0.3) is 22.3 Å². The summed E-state index contributed by atoms with van der Waals surface area (Å²) in [5.41, 5.74) is 9.95. The normalized spacial score (nSPS) is 18.5. The molecule has 0 saturated heterocycles. The van der Waals surface area contributed by atoms with Gasteiger partial charge < -0.3 is 20.1 Å². The zero-order valence-corrected chi connectivity index (χ0v) is 22.2. The average Bonchev–Trinajstić information content (AvgIpc) is 3.24. The number of carbonyl (C=O) groups is 2. The molecule has 0 aliphatic carbocycles. The van der Waals surface area contributed by atoms with Crippen LogP contribution in [0.4, 0.5) is 0 Å². The molecular weight excluding hydrogens is 510 g/mol. The highest BCUT2D eigenvalue weighted by molar-refractivity contribution is 6.02. The topological polar surface area (TPSA) is 149 Å². The van der Waals surface area contributed by atoms with Crippen LogP contribution in [0.1, 0.15) is 55.9 Å². The molecule has 5 rings (SSSR count). The lowest BCUT2D eigenvalue weighted by molar-refractivity contribution is -0.172. The Morgan fingerprint density at radius 3 is 2.76 bits per heavy atom. The van der Waals surface area contributed by atoms with Crippen LogP contribution in [0, 0.1) is 5.92 Å². The lowest BCUT2D eigenvalue weighted by atomic mass is 9.86. The summed E-state index contributed by atoms with van der Waals surface area (Å²) >= 11 is 0. The number of hydrogen-bond donors (Lipinski definition) is 3. The molecule has 11 heteroatoms. The van der Waals surface area contributed by atoms with Crippen LogP contribution >= 0.6 is 12.4 Å². The maximum absolute atomic E-state index is 13.5. The van der Waals surface area contributed by atoms with Gasteiger partial charge in [0.15, 0.2) is 5.60 Å². The number of pyridine rings is 2. The third kappa shape index (κ3) is 4.38. The van der Waals surface area contributed by atoms with E-state index in [1.807, 2.05) is 38.1 Å². The number of halogens is 1. The highest BCUT2D eigenvalue weighted by atomic mass is 35.5. The van der Waals surface area contributed by atoms with E-state index < -0.39 is 17.6 Å². The maximum atomic E-state index is 13.5. The van der Waals surface area contributed by atoms with E-state index >= 15 is 0 Å². The molecule has 2 aliphatic heterocycles. The molecule has 10 nitrogen and oxygen atoms in total. The molecule has 2 atom stereocenters. The van der Waals surface area contributed by atoms with E-state index in [1.54, 1.807) is 23.8 Å². The number of nitrogens with zero attached hydrogens (tertiary/aromatic N) is 3. The molecular formula is C27H30ClN5O5. The molecule has 3 aromatic rings. The number of nitrogens with one attached hydrogen (secondary N) is 1. The lowest BCUT2D eigenvalue weighted by Gasteiger charge is -2.31. The van der Waals surface area contributed by atoms with Crippen molar-refractivity contribution in [3.63, 3.8) is 0 Å². The van der Waals surface area contributed by atoms with Crippen LogP contribution in [-0.2, 0) is 33.1 Å². The molecule has 1 aromatic carbocycles. The van der Waals surface area contributed by atoms with E-state index in [2.05, 4.69) is 10.5 Å². The van der Waals surface area contributed by atoms with Gasteiger partial charge in [0.2, 0.25) is 0 Å². The maximum Gasteiger partial charge on any atom is 0.343 e. The van der Waals surface area contributed by atoms with Crippen LogP contribution in [0.2, 0.25) is 0 Å². The standard InChI is InChI=1S/C27H29N5O5.ClH/c1-4-27(36)19-10-22-23-17(12-32(22)25(34)18(19)13-37-26(27)35)16(15-7-5-6-8-21(15)30-23)11-29-31-24(33)20(28)9-14(2)3;/h5-8,10-11,14,20,36H,4,9,12-13,28H2,1-3H3,(H,31,33);1H/t20?,27-;/m0./s1. The number of carbonyl (C=O) groups excluding carboxylic acids is 2. The fraction of sp³-hybridized carbons (Fsp3) is 0.370. The van der Waals surface area contributed by atoms with Gasteiger partial charge in [-0.2, -0.15) is 5.10 Å². The van der Waals surface area contributed by atoms with Crippen LogP contribution in [0.5, 0.6) is 0 Å². The van der Waals surface area contributed by atoms with Gasteiger partial charge in [-0.05, 0) is 30.9 Å². The van der Waals surface area contributed by atoms with Gasteiger partial charge in [-0.1, -0.05) is 39.0 Å². The van der Waals surface area contributed by atoms with Crippen LogP contribution in [0.15, 0.2) is 40.2 Å². The van der Waals surface area contributed by atoms with Gasteiger partial charge in [-0.25, -0.2) is 15.2 Å². The van der Waals surface area contributed by atoms with Crippen molar-refractivity contribution in [3.05, 3.63) is 62.9 Å². The number of amides is 1. The number of rotatable bonds is 6. The van der Waals surface area contributed by atoms with Crippen molar-refractivity contribution in [2.75, 3.05) is 0 Å². The second-order valence-corrected chi connectivity index (χ2v) is 9.94. The zero-order valence-electron chi connectivity index (χ0n) is 21.4. The number of nitrogens with two attached hydrogens (primary N) is 1. The Kier molecular flexibility index (Phi) is 7.42. The van der Waals surface area contributed by atoms with Crippen molar-refractivity contribution in [3.8, 4) is 11.4 Å². The first kappa shape index (κ1) is 27.4. The minimum atomic E-state index is -1.90. The summed E-state index contributed by atoms with van der Waals surface area (Å²) in [6.07, 6.45) is 2.15. The Labute approximate surface area is 225 Å². The number of aliphatic hydroxyl groups is 1. The summed E-state index contributed by atoms with van der Waals surface area (Å²) in [5, 5.41) is 16.1. The van der Waals surface area contributed by atoms with E-state index in [-0.39, 0.29) is 60.5 Å². The predicted molar refractivity (Wildman–Crippen MR) is 145 cm³/mol. The first-order chi connectivity index (χ1) is 17.7. The number of cyclic esters (lactones) is 1. The SMILES string of the molecule is CC[C@@]1(O)C(=O)OCc2c1cc1n(c2=O)Cc2c-1nc1ccccc1c2C=NNC(=O)C(N)CC(C)C.Cl. The van der Waals surface area contributed by atoms with E-state index in [1.165, 1.54) is 0 Å². The van der Waals surface area contributed by atoms with Crippen molar-refractivity contribution < 1.29 is 19.4 Å². The van der Waals surface area contributed by atoms with Gasteiger partial charge in [0.1, 0.15) is 6.61 Å². The molecule has 0 fully saturated rings. The monoisotopic (exact) mass is 539 g/mol. The highest BCUT2D eigenvalue weighted by Gasteiger charge is 2.45. The summed E-state index contributed by atoms with van der Waals surface area (Å²) in [6.45, 7) is 5.66. The van der Waals surface area contributed by atoms with Crippen molar-refractivity contribution >= 4 is 41.4 Å². The minimum Gasteiger partial charge on any atom is -0.458 e. The van der Waals surface area contributed by atoms with E-state index in [9.17, 15) is 19.5 Å². The third-order valence-corrected chi connectivity index (χ3v) is 7.07. The molecule has 200 valence electrons. The Bertz CT molecular complexity index is 1530. The van der Waals surface area contributed by atoms with Gasteiger partial charge in [0.05, 0.1) is 41.3 Å². The van der Waals surface area contributed by atoms with Crippen LogP contribution < -0.4 is 16.7 Å². The van der Waals surface area contributed by atoms with Crippen molar-refractivity contribution in [2.24, 2.45) is 16.8 Å². The second-order valence-electron chi connectivity index (χ2n) is 9.94. The van der Waals surface area contributed by atoms with Gasteiger partial charge in [-0.3, -0.25) is 9.59 Å². The van der Waals surface area contributed by atoms with Gasteiger partial charge >= 0.3 is 5.97 Å². The van der Waals surface area contributed by atoms with E-state index in [0.29, 0.717) is 28.9 Å². The first-order valence-electron chi connectivity index (χ1n) is 12.3. The fourth-order valence-electron chi connectivity index (χ4n) is 5.07. The number of hydrazone groups is 1. The molecule has 0 bridgehead atoms. The largest absolute Gasteiger partial charge is 0.458 e. The summed E-state index contributed by atoms with van der Waals surface area (Å²) in [4.78, 5) is 43.1. The van der Waals surface area contributed by atoms with E-state index in [4.69, 9.17) is 15.5 Å². The van der Waals surface area contributed by atoms with Crippen LogP contribution in [-0.4, -0.2) is 38.8 Å². The second kappa shape index (κ2) is 10.3.